The molecular weight excluding hydrogens is 236 g/mol. The first-order valence-corrected chi connectivity index (χ1v) is 7.56. The first-order valence-electron chi connectivity index (χ1n) is 7.56. The molecule has 2 aliphatic rings. The molecule has 104 valence electrons. The van der Waals surface area contributed by atoms with Gasteiger partial charge in [0.25, 0.3) is 0 Å². The number of hydrogen-bond donors (Lipinski definition) is 1. The maximum absolute atomic E-state index is 5.56. The molecule has 3 heteroatoms. The normalized spacial score (nSPS) is 18.2. The van der Waals surface area contributed by atoms with Crippen LogP contribution in [0.1, 0.15) is 24.5 Å². The van der Waals surface area contributed by atoms with Crippen LogP contribution in [-0.4, -0.2) is 43.7 Å². The number of fused-ring (bicyclic) bond motifs is 1. The van der Waals surface area contributed by atoms with Gasteiger partial charge in [-0.1, -0.05) is 19.1 Å². The van der Waals surface area contributed by atoms with Crippen molar-refractivity contribution in [3.8, 4) is 5.75 Å². The lowest BCUT2D eigenvalue weighted by molar-refractivity contribution is 0.147. The van der Waals surface area contributed by atoms with E-state index < -0.39 is 0 Å². The van der Waals surface area contributed by atoms with Gasteiger partial charge in [0.2, 0.25) is 0 Å². The van der Waals surface area contributed by atoms with Crippen LogP contribution in [0.3, 0.4) is 0 Å². The molecule has 0 aliphatic carbocycles. The van der Waals surface area contributed by atoms with Crippen LogP contribution in [0.15, 0.2) is 18.2 Å². The molecule has 0 bridgehead atoms. The fourth-order valence-electron chi connectivity index (χ4n) is 2.96. The number of ether oxygens (including phenoxy) is 1. The Morgan fingerprint density at radius 1 is 1.32 bits per heavy atom. The van der Waals surface area contributed by atoms with E-state index in [1.807, 2.05) is 0 Å². The molecule has 0 spiro atoms. The van der Waals surface area contributed by atoms with Crippen molar-refractivity contribution in [2.45, 2.75) is 32.2 Å². The third-order valence-electron chi connectivity index (χ3n) is 4.23. The minimum Gasteiger partial charge on any atom is -0.493 e. The van der Waals surface area contributed by atoms with E-state index in [1.54, 1.807) is 0 Å². The second kappa shape index (κ2) is 5.93. The molecular formula is C16H24N2O. The Kier molecular flexibility index (Phi) is 4.04. The lowest BCUT2D eigenvalue weighted by atomic mass is 10.0. The molecule has 3 rings (SSSR count). The van der Waals surface area contributed by atoms with Crippen LogP contribution in [0.2, 0.25) is 0 Å². The highest BCUT2D eigenvalue weighted by Crippen LogP contribution is 2.26. The van der Waals surface area contributed by atoms with Crippen molar-refractivity contribution in [2.24, 2.45) is 0 Å². The summed E-state index contributed by atoms with van der Waals surface area (Å²) in [5, 5.41) is 3.37. The predicted octanol–water partition coefficient (Wildman–Crippen LogP) is 1.85. The summed E-state index contributed by atoms with van der Waals surface area (Å²) in [7, 11) is 0. The summed E-state index contributed by atoms with van der Waals surface area (Å²) in [6.45, 7) is 7.86. The maximum atomic E-state index is 5.56. The number of nitrogens with one attached hydrogen (secondary N) is 1. The zero-order valence-corrected chi connectivity index (χ0v) is 11.8. The first kappa shape index (κ1) is 12.9. The summed E-state index contributed by atoms with van der Waals surface area (Å²) in [4.78, 5) is 2.64. The van der Waals surface area contributed by atoms with E-state index in [0.29, 0.717) is 0 Å². The van der Waals surface area contributed by atoms with E-state index in [1.165, 1.54) is 30.6 Å². The smallest absolute Gasteiger partial charge is 0.122 e. The highest BCUT2D eigenvalue weighted by Gasteiger charge is 2.23. The average Bonchev–Trinajstić information content (AvgIpc) is 2.81. The first-order chi connectivity index (χ1) is 9.36. The van der Waals surface area contributed by atoms with Crippen molar-refractivity contribution >= 4 is 0 Å². The van der Waals surface area contributed by atoms with Gasteiger partial charge < -0.3 is 10.1 Å². The lowest BCUT2D eigenvalue weighted by Crippen LogP contribution is -2.57. The second-order valence-electron chi connectivity index (χ2n) is 5.64. The topological polar surface area (TPSA) is 24.5 Å². The van der Waals surface area contributed by atoms with Crippen molar-refractivity contribution < 1.29 is 4.74 Å². The van der Waals surface area contributed by atoms with Crippen LogP contribution in [0.25, 0.3) is 0 Å². The average molecular weight is 260 g/mol. The number of nitrogens with zero attached hydrogens (tertiary/aromatic N) is 1. The van der Waals surface area contributed by atoms with E-state index >= 15 is 0 Å². The van der Waals surface area contributed by atoms with Crippen molar-refractivity contribution in [1.82, 2.24) is 10.2 Å². The minimum absolute atomic E-state index is 0.762. The Hall–Kier alpha value is -1.06. The molecule has 1 fully saturated rings. The number of hydrogen-bond acceptors (Lipinski definition) is 3. The van der Waals surface area contributed by atoms with Gasteiger partial charge in [-0.3, -0.25) is 4.90 Å². The summed E-state index contributed by atoms with van der Waals surface area (Å²) >= 11 is 0. The molecule has 2 heterocycles. The molecule has 1 N–H and O–H groups in total. The summed E-state index contributed by atoms with van der Waals surface area (Å²) < 4.78 is 5.56. The number of benzene rings is 1. The standard InChI is InChI=1S/C16H24N2O/c1-2-7-18(15-11-17-12-15)8-5-13-3-4-16-14(10-13)6-9-19-16/h3-4,10,15,17H,2,5-9,11-12H2,1H3. The van der Waals surface area contributed by atoms with E-state index in [0.717, 1.165) is 44.3 Å². The minimum atomic E-state index is 0.762. The van der Waals surface area contributed by atoms with Gasteiger partial charge in [-0.05, 0) is 36.6 Å². The monoisotopic (exact) mass is 260 g/mol. The summed E-state index contributed by atoms with van der Waals surface area (Å²) in [6.07, 6.45) is 3.48. The Morgan fingerprint density at radius 2 is 2.21 bits per heavy atom. The fraction of sp³-hybridized carbons (Fsp3) is 0.625. The molecule has 19 heavy (non-hydrogen) atoms. The van der Waals surface area contributed by atoms with Gasteiger partial charge in [0.1, 0.15) is 5.75 Å². The summed E-state index contributed by atoms with van der Waals surface area (Å²) in [5.41, 5.74) is 2.85. The lowest BCUT2D eigenvalue weighted by Gasteiger charge is -2.38. The van der Waals surface area contributed by atoms with Crippen LogP contribution in [0.4, 0.5) is 0 Å². The van der Waals surface area contributed by atoms with Gasteiger partial charge in [0.05, 0.1) is 6.61 Å². The van der Waals surface area contributed by atoms with E-state index in [-0.39, 0.29) is 0 Å². The molecule has 0 atom stereocenters. The third-order valence-corrected chi connectivity index (χ3v) is 4.23. The SMILES string of the molecule is CCCN(CCc1ccc2c(c1)CCO2)C1CNC1. The molecule has 3 nitrogen and oxygen atoms in total. The Balaban J connectivity index is 1.58. The largest absolute Gasteiger partial charge is 0.493 e. The van der Waals surface area contributed by atoms with Gasteiger partial charge >= 0.3 is 0 Å². The maximum Gasteiger partial charge on any atom is 0.122 e. The molecule has 1 saturated heterocycles. The second-order valence-corrected chi connectivity index (χ2v) is 5.64. The Morgan fingerprint density at radius 3 is 2.95 bits per heavy atom. The highest BCUT2D eigenvalue weighted by atomic mass is 16.5. The molecule has 1 aromatic carbocycles. The zero-order valence-electron chi connectivity index (χ0n) is 11.8. The van der Waals surface area contributed by atoms with Gasteiger partial charge in [0, 0.05) is 32.1 Å². The Bertz CT molecular complexity index is 429. The molecule has 0 amide bonds. The third kappa shape index (κ3) is 2.93. The highest BCUT2D eigenvalue weighted by molar-refractivity contribution is 5.39. The van der Waals surface area contributed by atoms with Crippen LogP contribution in [0, 0.1) is 0 Å². The van der Waals surface area contributed by atoms with Gasteiger partial charge in [-0.25, -0.2) is 0 Å². The van der Waals surface area contributed by atoms with Gasteiger partial charge in [0.15, 0.2) is 0 Å². The molecule has 1 aromatic rings. The van der Waals surface area contributed by atoms with E-state index in [4.69, 9.17) is 4.74 Å². The fourth-order valence-corrected chi connectivity index (χ4v) is 2.96. The Labute approximate surface area is 115 Å². The summed E-state index contributed by atoms with van der Waals surface area (Å²) in [5.74, 6) is 1.09. The van der Waals surface area contributed by atoms with E-state index in [2.05, 4.69) is 35.3 Å². The van der Waals surface area contributed by atoms with Crippen molar-refractivity contribution in [3.63, 3.8) is 0 Å². The van der Waals surface area contributed by atoms with Gasteiger partial charge in [-0.2, -0.15) is 0 Å². The molecule has 0 saturated carbocycles. The van der Waals surface area contributed by atoms with Crippen LogP contribution in [0.5, 0.6) is 5.75 Å². The molecule has 0 aromatic heterocycles. The van der Waals surface area contributed by atoms with Crippen molar-refractivity contribution in [2.75, 3.05) is 32.8 Å². The molecule has 0 radical (unpaired) electrons. The van der Waals surface area contributed by atoms with Crippen molar-refractivity contribution in [3.05, 3.63) is 29.3 Å². The van der Waals surface area contributed by atoms with Gasteiger partial charge in [-0.15, -0.1) is 0 Å². The van der Waals surface area contributed by atoms with E-state index in [9.17, 15) is 0 Å². The summed E-state index contributed by atoms with van der Waals surface area (Å²) in [6, 6.07) is 7.48. The molecule has 2 aliphatic heterocycles. The van der Waals surface area contributed by atoms with Crippen LogP contribution < -0.4 is 10.1 Å². The van der Waals surface area contributed by atoms with Crippen molar-refractivity contribution in [1.29, 1.82) is 0 Å². The number of rotatable bonds is 6. The quantitative estimate of drug-likeness (QED) is 0.845. The predicted molar refractivity (Wildman–Crippen MR) is 77.9 cm³/mol. The van der Waals surface area contributed by atoms with Crippen LogP contribution >= 0.6 is 0 Å². The van der Waals surface area contributed by atoms with Crippen LogP contribution in [-0.2, 0) is 12.8 Å². The molecule has 0 unspecified atom stereocenters. The zero-order chi connectivity index (χ0) is 13.1.